The van der Waals surface area contributed by atoms with E-state index in [4.69, 9.17) is 0 Å². The number of urea groups is 1. The van der Waals surface area contributed by atoms with E-state index >= 15 is 0 Å². The van der Waals surface area contributed by atoms with Crippen LogP contribution in [0.15, 0.2) is 0 Å². The first-order valence-corrected chi connectivity index (χ1v) is 7.05. The molecule has 17 heavy (non-hydrogen) atoms. The summed E-state index contributed by atoms with van der Waals surface area (Å²) in [6.45, 7) is 5.75. The minimum absolute atomic E-state index is 0.0986. The third-order valence-corrected chi connectivity index (χ3v) is 4.18. The third kappa shape index (κ3) is 3.60. The molecule has 0 spiro atoms. The van der Waals surface area contributed by atoms with Gasteiger partial charge in [-0.25, -0.2) is 4.79 Å². The molecule has 0 radical (unpaired) electrons. The summed E-state index contributed by atoms with van der Waals surface area (Å²) in [7, 11) is 0. The summed E-state index contributed by atoms with van der Waals surface area (Å²) >= 11 is 0. The van der Waals surface area contributed by atoms with Crippen molar-refractivity contribution in [3.05, 3.63) is 0 Å². The second-order valence-electron chi connectivity index (χ2n) is 5.30. The Kier molecular flexibility index (Phi) is 4.66. The van der Waals surface area contributed by atoms with Crippen LogP contribution in [0.25, 0.3) is 0 Å². The van der Waals surface area contributed by atoms with E-state index in [-0.39, 0.29) is 6.03 Å². The molecule has 0 bridgehead atoms. The Balaban J connectivity index is 1.58. The zero-order valence-electron chi connectivity index (χ0n) is 10.9. The van der Waals surface area contributed by atoms with Crippen LogP contribution in [0.4, 0.5) is 4.79 Å². The van der Waals surface area contributed by atoms with E-state index in [1.807, 2.05) is 4.90 Å². The van der Waals surface area contributed by atoms with Crippen LogP contribution in [0.3, 0.4) is 0 Å². The Morgan fingerprint density at radius 2 is 2.12 bits per heavy atom. The standard InChI is InChI=1S/C13H25N3O/c1-2-11-3-5-12(6-4-11)14-7-9-16-10-8-15-13(16)17/h11-12,14H,2-10H2,1H3,(H,15,17). The lowest BCUT2D eigenvalue weighted by Gasteiger charge is -2.29. The van der Waals surface area contributed by atoms with Gasteiger partial charge in [0.2, 0.25) is 0 Å². The van der Waals surface area contributed by atoms with Crippen molar-refractivity contribution >= 4 is 6.03 Å². The maximum absolute atomic E-state index is 11.3. The van der Waals surface area contributed by atoms with Gasteiger partial charge in [0.05, 0.1) is 0 Å². The summed E-state index contributed by atoms with van der Waals surface area (Å²) in [5.41, 5.74) is 0. The number of nitrogens with one attached hydrogen (secondary N) is 2. The minimum Gasteiger partial charge on any atom is -0.336 e. The second-order valence-corrected chi connectivity index (χ2v) is 5.30. The summed E-state index contributed by atoms with van der Waals surface area (Å²) in [6.07, 6.45) is 6.70. The first-order valence-electron chi connectivity index (χ1n) is 7.05. The molecule has 0 aromatic carbocycles. The average Bonchev–Trinajstić information content (AvgIpc) is 2.76. The number of hydrogen-bond donors (Lipinski definition) is 2. The molecule has 4 heteroatoms. The molecule has 1 saturated carbocycles. The first-order chi connectivity index (χ1) is 8.29. The fourth-order valence-electron chi connectivity index (χ4n) is 2.90. The Bertz CT molecular complexity index is 249. The van der Waals surface area contributed by atoms with Crippen LogP contribution in [0, 0.1) is 5.92 Å². The Labute approximate surface area is 104 Å². The lowest BCUT2D eigenvalue weighted by molar-refractivity contribution is 0.215. The van der Waals surface area contributed by atoms with E-state index < -0.39 is 0 Å². The topological polar surface area (TPSA) is 44.4 Å². The molecule has 1 aliphatic heterocycles. The number of amides is 2. The van der Waals surface area contributed by atoms with Gasteiger partial charge in [0.25, 0.3) is 0 Å². The molecular formula is C13H25N3O. The van der Waals surface area contributed by atoms with Crippen LogP contribution in [-0.2, 0) is 0 Å². The van der Waals surface area contributed by atoms with Crippen molar-refractivity contribution in [2.24, 2.45) is 5.92 Å². The summed E-state index contributed by atoms with van der Waals surface area (Å²) in [5.74, 6) is 0.956. The Hall–Kier alpha value is -0.770. The van der Waals surface area contributed by atoms with Gasteiger partial charge >= 0.3 is 6.03 Å². The number of carbonyl (C=O) groups is 1. The highest BCUT2D eigenvalue weighted by atomic mass is 16.2. The molecular weight excluding hydrogens is 214 g/mol. The van der Waals surface area contributed by atoms with Gasteiger partial charge in [0.15, 0.2) is 0 Å². The maximum atomic E-state index is 11.3. The summed E-state index contributed by atoms with van der Waals surface area (Å²) in [6, 6.07) is 0.782. The largest absolute Gasteiger partial charge is 0.336 e. The monoisotopic (exact) mass is 239 g/mol. The van der Waals surface area contributed by atoms with E-state index in [2.05, 4.69) is 17.6 Å². The molecule has 2 aliphatic rings. The fraction of sp³-hybridized carbons (Fsp3) is 0.923. The predicted molar refractivity (Wildman–Crippen MR) is 69.0 cm³/mol. The van der Waals surface area contributed by atoms with Gasteiger partial charge in [-0.05, 0) is 31.6 Å². The van der Waals surface area contributed by atoms with Crippen LogP contribution in [0.2, 0.25) is 0 Å². The molecule has 0 aromatic rings. The van der Waals surface area contributed by atoms with E-state index in [1.165, 1.54) is 32.1 Å². The van der Waals surface area contributed by atoms with E-state index in [9.17, 15) is 4.79 Å². The summed E-state index contributed by atoms with van der Waals surface area (Å²) in [4.78, 5) is 13.2. The van der Waals surface area contributed by atoms with Crippen LogP contribution in [-0.4, -0.2) is 43.2 Å². The van der Waals surface area contributed by atoms with E-state index in [0.29, 0.717) is 6.04 Å². The van der Waals surface area contributed by atoms with Gasteiger partial charge in [-0.15, -0.1) is 0 Å². The number of hydrogen-bond acceptors (Lipinski definition) is 2. The molecule has 98 valence electrons. The van der Waals surface area contributed by atoms with Crippen molar-refractivity contribution in [1.29, 1.82) is 0 Å². The highest BCUT2D eigenvalue weighted by Gasteiger charge is 2.21. The van der Waals surface area contributed by atoms with Crippen molar-refractivity contribution in [1.82, 2.24) is 15.5 Å². The van der Waals surface area contributed by atoms with Gasteiger partial charge in [0.1, 0.15) is 0 Å². The van der Waals surface area contributed by atoms with Gasteiger partial charge < -0.3 is 15.5 Å². The highest BCUT2D eigenvalue weighted by Crippen LogP contribution is 2.26. The van der Waals surface area contributed by atoms with Crippen LogP contribution >= 0.6 is 0 Å². The zero-order chi connectivity index (χ0) is 12.1. The molecule has 2 N–H and O–H groups in total. The number of nitrogens with zero attached hydrogens (tertiary/aromatic N) is 1. The maximum Gasteiger partial charge on any atom is 0.317 e. The molecule has 2 amide bonds. The summed E-state index contributed by atoms with van der Waals surface area (Å²) in [5, 5.41) is 6.42. The SMILES string of the molecule is CCC1CCC(NCCN2CCNC2=O)CC1. The first kappa shape index (κ1) is 12.7. The lowest BCUT2D eigenvalue weighted by Crippen LogP contribution is -2.40. The molecule has 4 nitrogen and oxygen atoms in total. The molecule has 2 fully saturated rings. The molecule has 1 heterocycles. The van der Waals surface area contributed by atoms with Gasteiger partial charge in [-0.1, -0.05) is 13.3 Å². The van der Waals surface area contributed by atoms with Crippen molar-refractivity contribution < 1.29 is 4.79 Å². The lowest BCUT2D eigenvalue weighted by atomic mass is 9.84. The smallest absolute Gasteiger partial charge is 0.317 e. The minimum atomic E-state index is 0.0986. The molecule has 0 aromatic heterocycles. The van der Waals surface area contributed by atoms with Gasteiger partial charge in [-0.3, -0.25) is 0 Å². The van der Waals surface area contributed by atoms with Gasteiger partial charge in [0, 0.05) is 32.2 Å². The molecule has 1 aliphatic carbocycles. The third-order valence-electron chi connectivity index (χ3n) is 4.18. The van der Waals surface area contributed by atoms with Crippen molar-refractivity contribution in [2.75, 3.05) is 26.2 Å². The molecule has 0 atom stereocenters. The van der Waals surface area contributed by atoms with Crippen molar-refractivity contribution in [2.45, 2.75) is 45.1 Å². The normalized spacial score (nSPS) is 29.5. The average molecular weight is 239 g/mol. The number of carbonyl (C=O) groups excluding carboxylic acids is 1. The van der Waals surface area contributed by atoms with Crippen molar-refractivity contribution in [3.8, 4) is 0 Å². The van der Waals surface area contributed by atoms with E-state index in [1.54, 1.807) is 0 Å². The number of rotatable bonds is 5. The second kappa shape index (κ2) is 6.24. The molecule has 1 saturated heterocycles. The van der Waals surface area contributed by atoms with Crippen LogP contribution in [0.5, 0.6) is 0 Å². The van der Waals surface area contributed by atoms with Crippen LogP contribution < -0.4 is 10.6 Å². The predicted octanol–water partition coefficient (Wildman–Crippen LogP) is 1.57. The highest BCUT2D eigenvalue weighted by molar-refractivity contribution is 5.76. The molecule has 2 rings (SSSR count). The summed E-state index contributed by atoms with van der Waals surface area (Å²) < 4.78 is 0. The van der Waals surface area contributed by atoms with Gasteiger partial charge in [-0.2, -0.15) is 0 Å². The Morgan fingerprint density at radius 1 is 1.35 bits per heavy atom. The molecule has 0 unspecified atom stereocenters. The zero-order valence-corrected chi connectivity index (χ0v) is 10.9. The Morgan fingerprint density at radius 3 is 2.71 bits per heavy atom. The van der Waals surface area contributed by atoms with Crippen molar-refractivity contribution in [3.63, 3.8) is 0 Å². The fourth-order valence-corrected chi connectivity index (χ4v) is 2.90. The quantitative estimate of drug-likeness (QED) is 0.765. The van der Waals surface area contributed by atoms with Crippen LogP contribution in [0.1, 0.15) is 39.0 Å². The van der Waals surface area contributed by atoms with E-state index in [0.717, 1.165) is 32.1 Å².